The molecule has 5 nitrogen and oxygen atoms in total. The van der Waals surface area contributed by atoms with Crippen molar-refractivity contribution in [1.29, 1.82) is 0 Å². The third kappa shape index (κ3) is 2.68. The fourth-order valence-corrected chi connectivity index (χ4v) is 1.71. The number of methoxy groups -OCH3 is 1. The molecular weight excluding hydrogens is 236 g/mol. The Labute approximate surface area is 105 Å². The van der Waals surface area contributed by atoms with E-state index in [1.807, 2.05) is 0 Å². The second-order valence-electron chi connectivity index (χ2n) is 3.96. The number of carboxylic acid groups (broad SMARTS) is 1. The highest BCUT2D eigenvalue weighted by molar-refractivity contribution is 6.04. The van der Waals surface area contributed by atoms with Crippen LogP contribution < -0.4 is 4.74 Å². The van der Waals surface area contributed by atoms with Gasteiger partial charge in [-0.1, -0.05) is 6.92 Å². The van der Waals surface area contributed by atoms with E-state index in [9.17, 15) is 14.7 Å². The number of ketones is 1. The highest BCUT2D eigenvalue weighted by Gasteiger charge is 2.23. The molecule has 0 saturated heterocycles. The summed E-state index contributed by atoms with van der Waals surface area (Å²) >= 11 is 0. The third-order valence-corrected chi connectivity index (χ3v) is 2.70. The molecule has 5 heteroatoms. The zero-order valence-electron chi connectivity index (χ0n) is 10.6. The number of aliphatic hydroxyl groups excluding tert-OH is 1. The first-order valence-corrected chi connectivity index (χ1v) is 5.56. The summed E-state index contributed by atoms with van der Waals surface area (Å²) in [5, 5.41) is 18.5. The van der Waals surface area contributed by atoms with Crippen molar-refractivity contribution in [2.45, 2.75) is 26.4 Å². The van der Waals surface area contributed by atoms with Gasteiger partial charge in [0.15, 0.2) is 5.78 Å². The number of benzene rings is 1. The van der Waals surface area contributed by atoms with Gasteiger partial charge in [-0.2, -0.15) is 0 Å². The van der Waals surface area contributed by atoms with Crippen LogP contribution in [0.1, 0.15) is 39.6 Å². The van der Waals surface area contributed by atoms with Gasteiger partial charge in [0.2, 0.25) is 0 Å². The first-order valence-electron chi connectivity index (χ1n) is 5.56. The minimum absolute atomic E-state index is 0.0480. The number of ether oxygens (including phenoxy) is 1. The Morgan fingerprint density at radius 2 is 2.00 bits per heavy atom. The van der Waals surface area contributed by atoms with Crippen LogP contribution in [-0.2, 0) is 0 Å². The van der Waals surface area contributed by atoms with Crippen LogP contribution in [0.2, 0.25) is 0 Å². The summed E-state index contributed by atoms with van der Waals surface area (Å²) in [5.74, 6) is -1.37. The summed E-state index contributed by atoms with van der Waals surface area (Å²) in [4.78, 5) is 22.9. The molecule has 0 amide bonds. The number of hydrogen-bond donors (Lipinski definition) is 2. The molecule has 0 heterocycles. The molecule has 1 unspecified atom stereocenters. The van der Waals surface area contributed by atoms with Crippen molar-refractivity contribution < 1.29 is 24.5 Å². The fourth-order valence-electron chi connectivity index (χ4n) is 1.71. The van der Waals surface area contributed by atoms with Crippen LogP contribution in [0.3, 0.4) is 0 Å². The van der Waals surface area contributed by atoms with E-state index in [2.05, 4.69) is 0 Å². The second-order valence-corrected chi connectivity index (χ2v) is 3.96. The van der Waals surface area contributed by atoms with E-state index in [4.69, 9.17) is 9.84 Å². The molecule has 1 aromatic carbocycles. The maximum absolute atomic E-state index is 12.0. The smallest absolute Gasteiger partial charge is 0.335 e. The predicted octanol–water partition coefficient (Wildman–Crippen LogP) is 1.66. The summed E-state index contributed by atoms with van der Waals surface area (Å²) in [6.07, 6.45) is -0.810. The summed E-state index contributed by atoms with van der Waals surface area (Å²) < 4.78 is 5.04. The Morgan fingerprint density at radius 1 is 1.39 bits per heavy atom. The lowest BCUT2D eigenvalue weighted by Crippen LogP contribution is -2.21. The minimum atomic E-state index is -1.10. The Hall–Kier alpha value is -1.88. The molecule has 2 N–H and O–H groups in total. The van der Waals surface area contributed by atoms with E-state index in [1.165, 1.54) is 19.2 Å². The van der Waals surface area contributed by atoms with Crippen LogP contribution in [-0.4, -0.2) is 35.2 Å². The van der Waals surface area contributed by atoms with Gasteiger partial charge in [-0.15, -0.1) is 0 Å². The number of carbonyl (C=O) groups excluding carboxylic acids is 1. The molecule has 0 aliphatic carbocycles. The highest BCUT2D eigenvalue weighted by atomic mass is 16.5. The van der Waals surface area contributed by atoms with Crippen LogP contribution in [0.25, 0.3) is 0 Å². The second kappa shape index (κ2) is 5.64. The van der Waals surface area contributed by atoms with Gasteiger partial charge in [0.1, 0.15) is 11.9 Å². The molecule has 0 saturated carbocycles. The SMILES string of the molecule is CCC(O)C(=O)c1c(C)cc(C(=O)O)cc1OC. The standard InChI is InChI=1S/C13H16O5/c1-4-9(14)12(15)11-7(2)5-8(13(16)17)6-10(11)18-3/h5-6,9,14H,4H2,1-3H3,(H,16,17). The maximum Gasteiger partial charge on any atom is 0.335 e. The van der Waals surface area contributed by atoms with Gasteiger partial charge < -0.3 is 14.9 Å². The molecule has 0 aliphatic heterocycles. The molecule has 0 bridgehead atoms. The van der Waals surface area contributed by atoms with E-state index >= 15 is 0 Å². The van der Waals surface area contributed by atoms with Crippen molar-refractivity contribution in [1.82, 2.24) is 0 Å². The molecule has 1 aromatic rings. The topological polar surface area (TPSA) is 83.8 Å². The normalized spacial score (nSPS) is 12.0. The van der Waals surface area contributed by atoms with Gasteiger partial charge in [-0.3, -0.25) is 4.79 Å². The third-order valence-electron chi connectivity index (χ3n) is 2.70. The van der Waals surface area contributed by atoms with Crippen LogP contribution in [0, 0.1) is 6.92 Å². The number of aromatic carboxylic acids is 1. The van der Waals surface area contributed by atoms with Gasteiger partial charge in [0.05, 0.1) is 18.2 Å². The van der Waals surface area contributed by atoms with E-state index in [0.29, 0.717) is 12.0 Å². The molecule has 1 atom stereocenters. The van der Waals surface area contributed by atoms with E-state index in [1.54, 1.807) is 13.8 Å². The van der Waals surface area contributed by atoms with E-state index < -0.39 is 17.9 Å². The maximum atomic E-state index is 12.0. The Morgan fingerprint density at radius 3 is 2.44 bits per heavy atom. The average Bonchev–Trinajstić information content (AvgIpc) is 2.35. The first kappa shape index (κ1) is 14.2. The molecule has 0 aromatic heterocycles. The van der Waals surface area contributed by atoms with Crippen molar-refractivity contribution in [2.24, 2.45) is 0 Å². The van der Waals surface area contributed by atoms with Crippen molar-refractivity contribution >= 4 is 11.8 Å². The molecule has 0 spiro atoms. The van der Waals surface area contributed by atoms with Crippen LogP contribution >= 0.6 is 0 Å². The number of carbonyl (C=O) groups is 2. The zero-order valence-corrected chi connectivity index (χ0v) is 10.6. The minimum Gasteiger partial charge on any atom is -0.496 e. The van der Waals surface area contributed by atoms with Crippen molar-refractivity contribution in [3.63, 3.8) is 0 Å². The summed E-state index contributed by atoms with van der Waals surface area (Å²) in [7, 11) is 1.36. The van der Waals surface area contributed by atoms with Crippen LogP contribution in [0.4, 0.5) is 0 Å². The molecule has 1 rings (SSSR count). The molecule has 0 aliphatic rings. The lowest BCUT2D eigenvalue weighted by atomic mass is 9.96. The van der Waals surface area contributed by atoms with Gasteiger partial charge >= 0.3 is 5.97 Å². The van der Waals surface area contributed by atoms with Gasteiger partial charge in [-0.25, -0.2) is 4.79 Å². The van der Waals surface area contributed by atoms with Crippen LogP contribution in [0.15, 0.2) is 12.1 Å². The van der Waals surface area contributed by atoms with Crippen molar-refractivity contribution in [2.75, 3.05) is 7.11 Å². The van der Waals surface area contributed by atoms with E-state index in [0.717, 1.165) is 0 Å². The lowest BCUT2D eigenvalue weighted by molar-refractivity contribution is 0.0693. The quantitative estimate of drug-likeness (QED) is 0.778. The number of Topliss-reactive ketones (excluding diaryl/α,β-unsaturated/α-hetero) is 1. The molecule has 0 fully saturated rings. The van der Waals surface area contributed by atoms with Gasteiger partial charge in [-0.05, 0) is 31.0 Å². The van der Waals surface area contributed by atoms with Gasteiger partial charge in [0, 0.05) is 0 Å². The number of aliphatic hydroxyl groups is 1. The summed E-state index contributed by atoms with van der Waals surface area (Å²) in [5.41, 5.74) is 0.757. The van der Waals surface area contributed by atoms with Crippen molar-refractivity contribution in [3.05, 3.63) is 28.8 Å². The predicted molar refractivity (Wildman–Crippen MR) is 65.3 cm³/mol. The molecule has 98 valence electrons. The number of rotatable bonds is 5. The molecular formula is C13H16O5. The Bertz CT molecular complexity index is 479. The highest BCUT2D eigenvalue weighted by Crippen LogP contribution is 2.26. The Balaban J connectivity index is 3.36. The summed E-state index contributed by atoms with van der Waals surface area (Å²) in [6.45, 7) is 3.31. The van der Waals surface area contributed by atoms with E-state index in [-0.39, 0.29) is 16.9 Å². The molecule has 0 radical (unpaired) electrons. The Kier molecular flexibility index (Phi) is 4.44. The molecule has 18 heavy (non-hydrogen) atoms. The number of aryl methyl sites for hydroxylation is 1. The largest absolute Gasteiger partial charge is 0.496 e. The average molecular weight is 252 g/mol. The lowest BCUT2D eigenvalue weighted by Gasteiger charge is -2.14. The zero-order chi connectivity index (χ0) is 13.9. The first-order chi connectivity index (χ1) is 8.42. The monoisotopic (exact) mass is 252 g/mol. The van der Waals surface area contributed by atoms with Gasteiger partial charge in [0.25, 0.3) is 0 Å². The number of carboxylic acids is 1. The van der Waals surface area contributed by atoms with Crippen molar-refractivity contribution in [3.8, 4) is 5.75 Å². The summed E-state index contributed by atoms with van der Waals surface area (Å²) in [6, 6.07) is 2.67. The fraction of sp³-hybridized carbons (Fsp3) is 0.385. The van der Waals surface area contributed by atoms with Crippen LogP contribution in [0.5, 0.6) is 5.75 Å². The number of hydrogen-bond acceptors (Lipinski definition) is 4.